The van der Waals surface area contributed by atoms with Crippen molar-refractivity contribution < 1.29 is 38.9 Å². The fourth-order valence-electron chi connectivity index (χ4n) is 6.65. The van der Waals surface area contributed by atoms with E-state index in [9.17, 15) is 39.3 Å². The monoisotopic (exact) mass is 677 g/mol. The summed E-state index contributed by atoms with van der Waals surface area (Å²) in [4.78, 5) is 67.8. The minimum atomic E-state index is -1.47. The summed E-state index contributed by atoms with van der Waals surface area (Å²) in [5.41, 5.74) is 0.494. The van der Waals surface area contributed by atoms with Crippen molar-refractivity contribution in [3.05, 3.63) is 87.1 Å². The van der Waals surface area contributed by atoms with Crippen molar-refractivity contribution in [1.29, 1.82) is 0 Å². The number of hydrogen-bond donors (Lipinski definition) is 4. The van der Waals surface area contributed by atoms with Crippen molar-refractivity contribution in [2.24, 2.45) is 0 Å². The lowest BCUT2D eigenvalue weighted by Crippen LogP contribution is -2.71. The number of nitrogens with zero attached hydrogens (tertiary/aromatic N) is 4. The van der Waals surface area contributed by atoms with Crippen LogP contribution in [0.25, 0.3) is 10.9 Å². The predicted octanol–water partition coefficient (Wildman–Crippen LogP) is 1.77. The average molecular weight is 678 g/mol. The van der Waals surface area contributed by atoms with E-state index in [-0.39, 0.29) is 29.2 Å². The second-order valence-corrected chi connectivity index (χ2v) is 13.5. The lowest BCUT2D eigenvalue weighted by molar-refractivity contribution is -0.151. The van der Waals surface area contributed by atoms with E-state index in [2.05, 4.69) is 5.32 Å². The normalized spacial score (nSPS) is 21.9. The van der Waals surface area contributed by atoms with Crippen molar-refractivity contribution in [1.82, 2.24) is 19.7 Å². The minimum absolute atomic E-state index is 0.0256. The molecule has 3 aromatic rings. The number of hydrogen-bond acceptors (Lipinski definition) is 9. The van der Waals surface area contributed by atoms with Crippen LogP contribution >= 0.6 is 11.8 Å². The number of halogens is 1. The van der Waals surface area contributed by atoms with Gasteiger partial charge >= 0.3 is 11.9 Å². The number of aromatic nitrogens is 1. The molecule has 1 unspecified atom stereocenters. The molecule has 15 heteroatoms. The molecular formula is C33H32FN5O8S. The molecule has 3 atom stereocenters. The molecule has 1 aliphatic carbocycles. The molecule has 4 heterocycles. The summed E-state index contributed by atoms with van der Waals surface area (Å²) in [6.45, 7) is 2.05. The zero-order valence-corrected chi connectivity index (χ0v) is 26.4. The number of carboxylic acids is 2. The van der Waals surface area contributed by atoms with Gasteiger partial charge in [0.15, 0.2) is 6.10 Å². The quantitative estimate of drug-likeness (QED) is 0.243. The third-order valence-corrected chi connectivity index (χ3v) is 10.6. The molecule has 0 spiro atoms. The van der Waals surface area contributed by atoms with Gasteiger partial charge in [0.05, 0.1) is 11.2 Å². The van der Waals surface area contributed by atoms with E-state index in [0.29, 0.717) is 54.3 Å². The Bertz CT molecular complexity index is 1940. The number of rotatable bonds is 9. The van der Waals surface area contributed by atoms with Gasteiger partial charge < -0.3 is 30.1 Å². The zero-order valence-electron chi connectivity index (χ0n) is 25.5. The maximum absolute atomic E-state index is 15.4. The Hall–Kier alpha value is -4.73. The minimum Gasteiger partial charge on any atom is -0.477 e. The highest BCUT2D eigenvalue weighted by Gasteiger charge is 2.54. The fourth-order valence-corrected chi connectivity index (χ4v) is 7.98. The molecular weight excluding hydrogens is 645 g/mol. The molecule has 13 nitrogen and oxygen atoms in total. The van der Waals surface area contributed by atoms with Gasteiger partial charge in [0.25, 0.3) is 11.8 Å². The number of carbonyl (C=O) groups excluding carboxylic acids is 2. The number of aliphatic hydroxyl groups is 1. The average Bonchev–Trinajstić information content (AvgIpc) is 3.93. The summed E-state index contributed by atoms with van der Waals surface area (Å²) in [7, 11) is 0. The number of β-lactam (4-membered cyclic amide) rings is 1. The lowest BCUT2D eigenvalue weighted by Gasteiger charge is -2.50. The Balaban J connectivity index is 1.04. The Morgan fingerprint density at radius 3 is 2.35 bits per heavy atom. The van der Waals surface area contributed by atoms with Crippen molar-refractivity contribution >= 4 is 52.1 Å². The highest BCUT2D eigenvalue weighted by Crippen LogP contribution is 2.41. The number of aromatic carboxylic acids is 1. The number of nitrogens with one attached hydrogen (secondary N) is 1. The molecule has 7 rings (SSSR count). The molecule has 2 amide bonds. The Labute approximate surface area is 277 Å². The number of amides is 2. The third-order valence-electron chi connectivity index (χ3n) is 9.31. The molecule has 4 N–H and O–H groups in total. The first-order chi connectivity index (χ1) is 23.0. The molecule has 250 valence electrons. The third kappa shape index (κ3) is 5.61. The van der Waals surface area contributed by atoms with Crippen LogP contribution in [0.15, 0.2) is 64.7 Å². The first-order valence-electron chi connectivity index (χ1n) is 15.6. The molecule has 1 saturated carbocycles. The van der Waals surface area contributed by atoms with Crippen LogP contribution < -0.4 is 15.6 Å². The number of carboxylic acid groups (broad SMARTS) is 2. The van der Waals surface area contributed by atoms with Gasteiger partial charge in [0, 0.05) is 56.1 Å². The highest BCUT2D eigenvalue weighted by molar-refractivity contribution is 8.00. The van der Waals surface area contributed by atoms with Gasteiger partial charge in [0.1, 0.15) is 28.5 Å². The maximum atomic E-state index is 15.4. The number of aliphatic carboxylic acids is 1. The number of carbonyl (C=O) groups is 4. The molecule has 0 bridgehead atoms. The summed E-state index contributed by atoms with van der Waals surface area (Å²) in [5, 5.41) is 32.0. The summed E-state index contributed by atoms with van der Waals surface area (Å²) in [6, 6.07) is 10.1. The first kappa shape index (κ1) is 31.8. The number of benzene rings is 2. The Kier molecular flexibility index (Phi) is 8.21. The Morgan fingerprint density at radius 2 is 1.71 bits per heavy atom. The van der Waals surface area contributed by atoms with Crippen LogP contribution in [-0.2, 0) is 14.4 Å². The zero-order chi connectivity index (χ0) is 33.9. The summed E-state index contributed by atoms with van der Waals surface area (Å²) in [6.07, 6.45) is 1.55. The second kappa shape index (κ2) is 12.4. The molecule has 2 aromatic carbocycles. The SMILES string of the molecule is O=C(O)C1=C(CN2CCN(c3cc4c(cc3F)c(=O)c(C(=O)O)cn4C3CC3)CC2)CS[C@@H]2C(NC(=O)[C@H](O)c3ccccc3)C(=O)N12. The van der Waals surface area contributed by atoms with Crippen molar-refractivity contribution in [3.63, 3.8) is 0 Å². The van der Waals surface area contributed by atoms with Gasteiger partial charge in [-0.25, -0.2) is 14.0 Å². The molecule has 2 saturated heterocycles. The van der Waals surface area contributed by atoms with Crippen molar-refractivity contribution in [2.45, 2.75) is 36.4 Å². The topological polar surface area (TPSA) is 173 Å². The van der Waals surface area contributed by atoms with E-state index in [0.717, 1.165) is 18.9 Å². The standard InChI is InChI=1S/C33H32FN5O8S/c34-22-12-20-23(38(19-6-7-19)15-21(28(20)41)32(44)45)13-24(22)37-10-8-36(9-11-37)14-18-16-48-31-25(30(43)39(31)26(18)33(46)47)35-29(42)27(40)17-4-2-1-3-5-17/h1-5,12-13,15,19,25,27,31,40H,6-11,14,16H2,(H,35,42)(H,44,45)(H,46,47)/t25?,27-,31-/m1/s1. The van der Waals surface area contributed by atoms with Crippen LogP contribution in [0.3, 0.4) is 0 Å². The van der Waals surface area contributed by atoms with Gasteiger partial charge in [-0.15, -0.1) is 11.8 Å². The molecule has 4 aliphatic rings. The Morgan fingerprint density at radius 1 is 1.00 bits per heavy atom. The summed E-state index contributed by atoms with van der Waals surface area (Å²) < 4.78 is 17.2. The molecule has 48 heavy (non-hydrogen) atoms. The van der Waals surface area contributed by atoms with Crippen LogP contribution in [0, 0.1) is 5.82 Å². The van der Waals surface area contributed by atoms with Gasteiger partial charge in [-0.05, 0) is 36.1 Å². The van der Waals surface area contributed by atoms with E-state index < -0.39 is 52.5 Å². The summed E-state index contributed by atoms with van der Waals surface area (Å²) >= 11 is 1.34. The number of aliphatic hydroxyl groups excluding tert-OH is 1. The highest BCUT2D eigenvalue weighted by atomic mass is 32.2. The number of pyridine rings is 1. The van der Waals surface area contributed by atoms with Gasteiger partial charge in [-0.2, -0.15) is 0 Å². The number of piperazine rings is 1. The van der Waals surface area contributed by atoms with Crippen LogP contribution in [0.4, 0.5) is 10.1 Å². The predicted molar refractivity (Wildman–Crippen MR) is 173 cm³/mol. The smallest absolute Gasteiger partial charge is 0.352 e. The van der Waals surface area contributed by atoms with Crippen molar-refractivity contribution in [3.8, 4) is 0 Å². The second-order valence-electron chi connectivity index (χ2n) is 12.4. The summed E-state index contributed by atoms with van der Waals surface area (Å²) in [5.74, 6) is -4.21. The molecule has 3 aliphatic heterocycles. The van der Waals surface area contributed by atoms with E-state index in [1.807, 2.05) is 9.80 Å². The van der Waals surface area contributed by atoms with E-state index >= 15 is 4.39 Å². The van der Waals surface area contributed by atoms with Gasteiger partial charge in [-0.1, -0.05) is 30.3 Å². The van der Waals surface area contributed by atoms with E-state index in [1.54, 1.807) is 41.0 Å². The fraction of sp³-hybridized carbons (Fsp3) is 0.364. The van der Waals surface area contributed by atoms with E-state index in [1.165, 1.54) is 22.9 Å². The first-order valence-corrected chi connectivity index (χ1v) is 16.6. The van der Waals surface area contributed by atoms with E-state index in [4.69, 9.17) is 0 Å². The van der Waals surface area contributed by atoms with Crippen LogP contribution in [-0.4, -0.2) is 103 Å². The molecule has 3 fully saturated rings. The molecule has 0 radical (unpaired) electrons. The van der Waals surface area contributed by atoms with Crippen molar-refractivity contribution in [2.75, 3.05) is 43.4 Å². The number of thioether (sulfide) groups is 1. The largest absolute Gasteiger partial charge is 0.477 e. The van der Waals surface area contributed by atoms with Crippen LogP contribution in [0.5, 0.6) is 0 Å². The number of anilines is 1. The lowest BCUT2D eigenvalue weighted by atomic mass is 10.0. The number of fused-ring (bicyclic) bond motifs is 2. The van der Waals surface area contributed by atoms with Gasteiger partial charge in [0.2, 0.25) is 5.43 Å². The molecule has 1 aromatic heterocycles. The van der Waals surface area contributed by atoms with Gasteiger partial charge in [-0.3, -0.25) is 24.2 Å². The van der Waals surface area contributed by atoms with Crippen LogP contribution in [0.2, 0.25) is 0 Å². The van der Waals surface area contributed by atoms with Crippen LogP contribution in [0.1, 0.15) is 40.9 Å². The maximum Gasteiger partial charge on any atom is 0.352 e.